The van der Waals surface area contributed by atoms with Gasteiger partial charge < -0.3 is 9.47 Å². The fourth-order valence-electron chi connectivity index (χ4n) is 2.95. The maximum absolute atomic E-state index is 5.77. The van der Waals surface area contributed by atoms with Crippen molar-refractivity contribution in [1.82, 2.24) is 9.97 Å². The van der Waals surface area contributed by atoms with Crippen LogP contribution in [-0.2, 0) is 0 Å². The van der Waals surface area contributed by atoms with Gasteiger partial charge in [-0.1, -0.05) is 45.2 Å². The van der Waals surface area contributed by atoms with Crippen molar-refractivity contribution >= 4 is 0 Å². The van der Waals surface area contributed by atoms with Crippen molar-refractivity contribution in [2.45, 2.75) is 46.0 Å². The largest absolute Gasteiger partial charge is 0.494 e. The lowest BCUT2D eigenvalue weighted by molar-refractivity contribution is 0.306. The molecule has 0 aliphatic carbocycles. The predicted molar refractivity (Wildman–Crippen MR) is 118 cm³/mol. The molecule has 0 saturated heterocycles. The minimum Gasteiger partial charge on any atom is -0.494 e. The number of benzene rings is 2. The molecule has 0 aliphatic rings. The van der Waals surface area contributed by atoms with Gasteiger partial charge in [0.1, 0.15) is 11.5 Å². The van der Waals surface area contributed by atoms with Gasteiger partial charge in [0.2, 0.25) is 0 Å². The summed E-state index contributed by atoms with van der Waals surface area (Å²) in [6, 6.07) is 16.1. The lowest BCUT2D eigenvalue weighted by Crippen LogP contribution is -1.97. The second-order valence-electron chi connectivity index (χ2n) is 7.10. The zero-order valence-electron chi connectivity index (χ0n) is 17.4. The van der Waals surface area contributed by atoms with Crippen LogP contribution < -0.4 is 9.47 Å². The highest BCUT2D eigenvalue weighted by molar-refractivity contribution is 5.64. The average molecular weight is 391 g/mol. The Morgan fingerprint density at radius 3 is 1.66 bits per heavy atom. The number of hydrogen-bond acceptors (Lipinski definition) is 4. The maximum atomic E-state index is 5.77. The highest BCUT2D eigenvalue weighted by Crippen LogP contribution is 2.24. The third-order valence-corrected chi connectivity index (χ3v) is 4.74. The first kappa shape index (κ1) is 20.8. The van der Waals surface area contributed by atoms with Crippen molar-refractivity contribution in [3.63, 3.8) is 0 Å². The van der Waals surface area contributed by atoms with Crippen LogP contribution in [0, 0.1) is 0 Å². The van der Waals surface area contributed by atoms with Crippen LogP contribution in [0.3, 0.4) is 0 Å². The van der Waals surface area contributed by atoms with E-state index in [4.69, 9.17) is 9.47 Å². The molecule has 3 aromatic rings. The van der Waals surface area contributed by atoms with E-state index in [0.29, 0.717) is 5.82 Å². The fraction of sp³-hybridized carbons (Fsp3) is 0.360. The SMILES string of the molecule is CCCCCOc1ccc(-c2cnc(-c3ccc(OCCCC)cc3)nc2)cc1. The zero-order chi connectivity index (χ0) is 20.3. The minimum atomic E-state index is 0.713. The highest BCUT2D eigenvalue weighted by Gasteiger charge is 2.05. The number of rotatable bonds is 11. The number of unbranched alkanes of at least 4 members (excludes halogenated alkanes) is 3. The molecule has 0 bridgehead atoms. The molecule has 29 heavy (non-hydrogen) atoms. The Kier molecular flexibility index (Phi) is 8.05. The third-order valence-electron chi connectivity index (χ3n) is 4.74. The van der Waals surface area contributed by atoms with E-state index in [2.05, 4.69) is 35.9 Å². The minimum absolute atomic E-state index is 0.713. The quantitative estimate of drug-likeness (QED) is 0.348. The van der Waals surface area contributed by atoms with E-state index in [1.54, 1.807) is 0 Å². The molecule has 0 fully saturated rings. The molecule has 3 rings (SSSR count). The van der Waals surface area contributed by atoms with Gasteiger partial charge >= 0.3 is 0 Å². The second kappa shape index (κ2) is 11.2. The van der Waals surface area contributed by atoms with E-state index in [9.17, 15) is 0 Å². The van der Waals surface area contributed by atoms with Crippen molar-refractivity contribution in [2.75, 3.05) is 13.2 Å². The maximum Gasteiger partial charge on any atom is 0.159 e. The topological polar surface area (TPSA) is 44.2 Å². The molecule has 4 nitrogen and oxygen atoms in total. The van der Waals surface area contributed by atoms with Crippen LogP contribution in [0.1, 0.15) is 46.0 Å². The number of hydrogen-bond donors (Lipinski definition) is 0. The lowest BCUT2D eigenvalue weighted by Gasteiger charge is -2.08. The van der Waals surface area contributed by atoms with E-state index in [1.807, 2.05) is 48.8 Å². The molecule has 0 atom stereocenters. The highest BCUT2D eigenvalue weighted by atomic mass is 16.5. The van der Waals surface area contributed by atoms with Gasteiger partial charge in [0.25, 0.3) is 0 Å². The lowest BCUT2D eigenvalue weighted by atomic mass is 10.1. The van der Waals surface area contributed by atoms with Crippen molar-refractivity contribution in [3.05, 3.63) is 60.9 Å². The fourth-order valence-corrected chi connectivity index (χ4v) is 2.95. The van der Waals surface area contributed by atoms with Crippen LogP contribution in [0.2, 0.25) is 0 Å². The number of ether oxygens (including phenoxy) is 2. The molecule has 1 aromatic heterocycles. The smallest absolute Gasteiger partial charge is 0.159 e. The monoisotopic (exact) mass is 390 g/mol. The Balaban J connectivity index is 1.59. The van der Waals surface area contributed by atoms with Gasteiger partial charge in [0, 0.05) is 23.5 Å². The van der Waals surface area contributed by atoms with Gasteiger partial charge in [0.15, 0.2) is 5.82 Å². The summed E-state index contributed by atoms with van der Waals surface area (Å²) in [6.45, 7) is 5.88. The summed E-state index contributed by atoms with van der Waals surface area (Å²) in [6.07, 6.45) is 9.44. The molecule has 0 saturated carbocycles. The Morgan fingerprint density at radius 2 is 1.10 bits per heavy atom. The van der Waals surface area contributed by atoms with Crippen molar-refractivity contribution in [3.8, 4) is 34.0 Å². The Labute approximate surface area is 173 Å². The Bertz CT molecular complexity index is 844. The van der Waals surface area contributed by atoms with Gasteiger partial charge in [-0.3, -0.25) is 0 Å². The van der Waals surface area contributed by atoms with Gasteiger partial charge in [-0.2, -0.15) is 0 Å². The van der Waals surface area contributed by atoms with Gasteiger partial charge in [-0.15, -0.1) is 0 Å². The molecule has 0 spiro atoms. The molecule has 0 N–H and O–H groups in total. The first-order valence-electron chi connectivity index (χ1n) is 10.6. The molecule has 0 radical (unpaired) electrons. The molecule has 2 aromatic carbocycles. The van der Waals surface area contributed by atoms with Crippen LogP contribution in [-0.4, -0.2) is 23.2 Å². The summed E-state index contributed by atoms with van der Waals surface area (Å²) in [5, 5.41) is 0. The predicted octanol–water partition coefficient (Wildman–Crippen LogP) is 6.56. The third kappa shape index (κ3) is 6.31. The molecule has 152 valence electrons. The molecular formula is C25H30N2O2. The summed E-state index contributed by atoms with van der Waals surface area (Å²) in [4.78, 5) is 9.08. The van der Waals surface area contributed by atoms with E-state index in [0.717, 1.165) is 60.7 Å². The first-order chi connectivity index (χ1) is 14.3. The second-order valence-corrected chi connectivity index (χ2v) is 7.10. The first-order valence-corrected chi connectivity index (χ1v) is 10.6. The zero-order valence-corrected chi connectivity index (χ0v) is 17.4. The number of aromatic nitrogens is 2. The molecular weight excluding hydrogens is 360 g/mol. The van der Waals surface area contributed by atoms with E-state index >= 15 is 0 Å². The summed E-state index contributed by atoms with van der Waals surface area (Å²) in [7, 11) is 0. The summed E-state index contributed by atoms with van der Waals surface area (Å²) in [5.41, 5.74) is 3.05. The average Bonchev–Trinajstić information content (AvgIpc) is 2.78. The molecule has 0 aliphatic heterocycles. The van der Waals surface area contributed by atoms with E-state index in [-0.39, 0.29) is 0 Å². The molecule has 4 heteroatoms. The van der Waals surface area contributed by atoms with Gasteiger partial charge in [-0.05, 0) is 54.8 Å². The standard InChI is InChI=1S/C25H30N2O2/c1-3-5-7-17-29-23-12-8-20(9-13-23)22-18-26-25(27-19-22)21-10-14-24(15-11-21)28-16-6-4-2/h8-15,18-19H,3-7,16-17H2,1-2H3. The van der Waals surface area contributed by atoms with Crippen molar-refractivity contribution in [2.24, 2.45) is 0 Å². The van der Waals surface area contributed by atoms with Crippen LogP contribution in [0.4, 0.5) is 0 Å². The van der Waals surface area contributed by atoms with Crippen LogP contribution in [0.25, 0.3) is 22.5 Å². The van der Waals surface area contributed by atoms with Crippen molar-refractivity contribution in [1.29, 1.82) is 0 Å². The number of nitrogens with zero attached hydrogens (tertiary/aromatic N) is 2. The van der Waals surface area contributed by atoms with Gasteiger partial charge in [-0.25, -0.2) is 9.97 Å². The van der Waals surface area contributed by atoms with Crippen LogP contribution in [0.5, 0.6) is 11.5 Å². The molecule has 1 heterocycles. The molecule has 0 unspecified atom stereocenters. The van der Waals surface area contributed by atoms with Crippen LogP contribution >= 0.6 is 0 Å². The summed E-state index contributed by atoms with van der Waals surface area (Å²) in [5.74, 6) is 2.50. The Hall–Kier alpha value is -2.88. The van der Waals surface area contributed by atoms with E-state index < -0.39 is 0 Å². The van der Waals surface area contributed by atoms with Crippen molar-refractivity contribution < 1.29 is 9.47 Å². The van der Waals surface area contributed by atoms with E-state index in [1.165, 1.54) is 12.8 Å². The molecule has 0 amide bonds. The summed E-state index contributed by atoms with van der Waals surface area (Å²) >= 11 is 0. The normalized spacial score (nSPS) is 10.7. The summed E-state index contributed by atoms with van der Waals surface area (Å²) < 4.78 is 11.5. The van der Waals surface area contributed by atoms with Crippen LogP contribution in [0.15, 0.2) is 60.9 Å². The van der Waals surface area contributed by atoms with Gasteiger partial charge in [0.05, 0.1) is 13.2 Å². The Morgan fingerprint density at radius 1 is 0.586 bits per heavy atom.